The largest absolute Gasteiger partial charge is 0.493 e. The Hall–Kier alpha value is -1.94. The van der Waals surface area contributed by atoms with Crippen LogP contribution >= 0.6 is 0 Å². The highest BCUT2D eigenvalue weighted by atomic mass is 16.5. The van der Waals surface area contributed by atoms with Crippen molar-refractivity contribution in [2.24, 2.45) is 0 Å². The smallest absolute Gasteiger partial charge is 0.162 e. The number of hydrogen-bond donors (Lipinski definition) is 1. The second-order valence-corrected chi connectivity index (χ2v) is 5.01. The summed E-state index contributed by atoms with van der Waals surface area (Å²) in [6.45, 7) is 1.27. The van der Waals surface area contributed by atoms with E-state index in [9.17, 15) is 0 Å². The lowest BCUT2D eigenvalue weighted by Gasteiger charge is -2.12. The van der Waals surface area contributed by atoms with Crippen molar-refractivity contribution in [2.75, 3.05) is 7.11 Å². The Kier molecular flexibility index (Phi) is 3.92. The van der Waals surface area contributed by atoms with Crippen molar-refractivity contribution >= 4 is 0 Å². The van der Waals surface area contributed by atoms with Crippen LogP contribution in [-0.2, 0) is 13.2 Å². The summed E-state index contributed by atoms with van der Waals surface area (Å²) in [5.41, 5.74) is 1.20. The maximum Gasteiger partial charge on any atom is 0.162 e. The lowest BCUT2D eigenvalue weighted by molar-refractivity contribution is 0.256. The fourth-order valence-corrected chi connectivity index (χ4v) is 2.04. The van der Waals surface area contributed by atoms with E-state index in [2.05, 4.69) is 11.4 Å². The van der Waals surface area contributed by atoms with E-state index in [1.165, 1.54) is 18.4 Å². The molecular formula is C16H19NO3. The minimum Gasteiger partial charge on any atom is -0.493 e. The SMILES string of the molecule is COc1ccc(CNC2CC2)cc1OCc1ccco1. The summed E-state index contributed by atoms with van der Waals surface area (Å²) in [6, 6.07) is 10.5. The molecule has 0 aliphatic heterocycles. The Morgan fingerprint density at radius 2 is 2.15 bits per heavy atom. The molecule has 1 saturated carbocycles. The Balaban J connectivity index is 1.66. The minimum atomic E-state index is 0.406. The minimum absolute atomic E-state index is 0.406. The number of nitrogens with one attached hydrogen (secondary N) is 1. The van der Waals surface area contributed by atoms with Crippen LogP contribution in [0.1, 0.15) is 24.2 Å². The Bertz CT molecular complexity index is 547. The normalized spacial score (nSPS) is 14.2. The van der Waals surface area contributed by atoms with Gasteiger partial charge in [0.1, 0.15) is 12.4 Å². The molecule has 1 aliphatic rings. The van der Waals surface area contributed by atoms with Crippen molar-refractivity contribution in [1.29, 1.82) is 0 Å². The summed E-state index contributed by atoms with van der Waals surface area (Å²) >= 11 is 0. The summed E-state index contributed by atoms with van der Waals surface area (Å²) in [5, 5.41) is 3.49. The number of hydrogen-bond acceptors (Lipinski definition) is 4. The van der Waals surface area contributed by atoms with Crippen LogP contribution in [-0.4, -0.2) is 13.2 Å². The molecule has 1 heterocycles. The topological polar surface area (TPSA) is 43.6 Å². The van der Waals surface area contributed by atoms with Gasteiger partial charge in [0, 0.05) is 12.6 Å². The Morgan fingerprint density at radius 3 is 2.85 bits per heavy atom. The van der Waals surface area contributed by atoms with E-state index in [1.807, 2.05) is 24.3 Å². The molecule has 0 spiro atoms. The molecular weight excluding hydrogens is 254 g/mol. The van der Waals surface area contributed by atoms with Gasteiger partial charge in [0.2, 0.25) is 0 Å². The average Bonchev–Trinajstić information content (AvgIpc) is 3.17. The first-order valence-electron chi connectivity index (χ1n) is 6.90. The van der Waals surface area contributed by atoms with Gasteiger partial charge in [-0.15, -0.1) is 0 Å². The van der Waals surface area contributed by atoms with Crippen molar-refractivity contribution in [3.63, 3.8) is 0 Å². The zero-order valence-electron chi connectivity index (χ0n) is 11.6. The van der Waals surface area contributed by atoms with Crippen LogP contribution in [0.2, 0.25) is 0 Å². The molecule has 106 valence electrons. The van der Waals surface area contributed by atoms with Gasteiger partial charge >= 0.3 is 0 Å². The van der Waals surface area contributed by atoms with Crippen LogP contribution in [0.25, 0.3) is 0 Å². The molecule has 0 atom stereocenters. The molecule has 0 saturated heterocycles. The molecule has 1 N–H and O–H groups in total. The molecule has 4 nitrogen and oxygen atoms in total. The van der Waals surface area contributed by atoms with E-state index in [-0.39, 0.29) is 0 Å². The van der Waals surface area contributed by atoms with Crippen LogP contribution in [0.5, 0.6) is 11.5 Å². The fraction of sp³-hybridized carbons (Fsp3) is 0.375. The number of methoxy groups -OCH3 is 1. The highest BCUT2D eigenvalue weighted by molar-refractivity contribution is 5.43. The quantitative estimate of drug-likeness (QED) is 0.841. The number of furan rings is 1. The summed E-state index contributed by atoms with van der Waals surface area (Å²) in [5.74, 6) is 2.29. The predicted octanol–water partition coefficient (Wildman–Crippen LogP) is 3.12. The summed E-state index contributed by atoms with van der Waals surface area (Å²) in [7, 11) is 1.65. The molecule has 1 aromatic carbocycles. The van der Waals surface area contributed by atoms with Crippen molar-refractivity contribution < 1.29 is 13.9 Å². The summed E-state index contributed by atoms with van der Waals surface area (Å²) in [4.78, 5) is 0. The first-order valence-corrected chi connectivity index (χ1v) is 6.90. The number of ether oxygens (including phenoxy) is 2. The van der Waals surface area contributed by atoms with E-state index in [1.54, 1.807) is 13.4 Å². The van der Waals surface area contributed by atoms with Crippen LogP contribution in [0.15, 0.2) is 41.0 Å². The van der Waals surface area contributed by atoms with Gasteiger partial charge in [-0.05, 0) is 42.7 Å². The first-order chi connectivity index (χ1) is 9.85. The molecule has 1 aliphatic carbocycles. The van der Waals surface area contributed by atoms with Crippen LogP contribution in [0.3, 0.4) is 0 Å². The van der Waals surface area contributed by atoms with Gasteiger partial charge in [-0.25, -0.2) is 0 Å². The maximum atomic E-state index is 5.79. The van der Waals surface area contributed by atoms with Crippen molar-refractivity contribution in [3.05, 3.63) is 47.9 Å². The monoisotopic (exact) mass is 273 g/mol. The molecule has 3 rings (SSSR count). The second-order valence-electron chi connectivity index (χ2n) is 5.01. The van der Waals surface area contributed by atoms with Crippen molar-refractivity contribution in [1.82, 2.24) is 5.32 Å². The fourth-order valence-electron chi connectivity index (χ4n) is 2.04. The molecule has 1 aromatic heterocycles. The van der Waals surface area contributed by atoms with Crippen molar-refractivity contribution in [3.8, 4) is 11.5 Å². The van der Waals surface area contributed by atoms with Gasteiger partial charge in [0.15, 0.2) is 11.5 Å². The van der Waals surface area contributed by atoms with Crippen LogP contribution in [0.4, 0.5) is 0 Å². The standard InChI is InChI=1S/C16H19NO3/c1-18-15-7-4-12(10-17-13-5-6-13)9-16(15)20-11-14-3-2-8-19-14/h2-4,7-9,13,17H,5-6,10-11H2,1H3. The van der Waals surface area contributed by atoms with E-state index >= 15 is 0 Å². The second kappa shape index (κ2) is 6.01. The third-order valence-corrected chi connectivity index (χ3v) is 3.35. The number of benzene rings is 1. The lowest BCUT2D eigenvalue weighted by atomic mass is 10.2. The molecule has 0 bridgehead atoms. The van der Waals surface area contributed by atoms with Gasteiger partial charge in [-0.2, -0.15) is 0 Å². The Morgan fingerprint density at radius 1 is 1.25 bits per heavy atom. The van der Waals surface area contributed by atoms with Crippen LogP contribution in [0, 0.1) is 0 Å². The molecule has 0 amide bonds. The highest BCUT2D eigenvalue weighted by Gasteiger charge is 2.20. The number of rotatable bonds is 7. The average molecular weight is 273 g/mol. The zero-order valence-corrected chi connectivity index (χ0v) is 11.6. The van der Waals surface area contributed by atoms with E-state index in [0.717, 1.165) is 23.8 Å². The van der Waals surface area contributed by atoms with Gasteiger partial charge in [-0.1, -0.05) is 6.07 Å². The lowest BCUT2D eigenvalue weighted by Crippen LogP contribution is -2.15. The van der Waals surface area contributed by atoms with Crippen molar-refractivity contribution in [2.45, 2.75) is 32.0 Å². The molecule has 4 heteroatoms. The van der Waals surface area contributed by atoms with Gasteiger partial charge in [0.25, 0.3) is 0 Å². The zero-order chi connectivity index (χ0) is 13.8. The highest BCUT2D eigenvalue weighted by Crippen LogP contribution is 2.29. The van der Waals surface area contributed by atoms with Gasteiger partial charge in [0.05, 0.1) is 13.4 Å². The van der Waals surface area contributed by atoms with E-state index in [4.69, 9.17) is 13.9 Å². The molecule has 0 radical (unpaired) electrons. The first kappa shape index (κ1) is 13.1. The summed E-state index contributed by atoms with van der Waals surface area (Å²) < 4.78 is 16.4. The van der Waals surface area contributed by atoms with Crippen LogP contribution < -0.4 is 14.8 Å². The molecule has 0 unspecified atom stereocenters. The Labute approximate surface area is 118 Å². The predicted molar refractivity (Wildman–Crippen MR) is 75.9 cm³/mol. The maximum absolute atomic E-state index is 5.79. The van der Waals surface area contributed by atoms with E-state index in [0.29, 0.717) is 12.6 Å². The molecule has 2 aromatic rings. The van der Waals surface area contributed by atoms with Gasteiger partial charge in [-0.3, -0.25) is 0 Å². The van der Waals surface area contributed by atoms with E-state index < -0.39 is 0 Å². The summed E-state index contributed by atoms with van der Waals surface area (Å²) in [6.07, 6.45) is 4.22. The van der Waals surface area contributed by atoms with Gasteiger partial charge < -0.3 is 19.2 Å². The molecule has 20 heavy (non-hydrogen) atoms. The molecule has 1 fully saturated rings. The third kappa shape index (κ3) is 3.33. The third-order valence-electron chi connectivity index (χ3n) is 3.35.